The van der Waals surface area contributed by atoms with Crippen molar-refractivity contribution in [1.29, 1.82) is 5.41 Å². The third-order valence-electron chi connectivity index (χ3n) is 2.46. The molecule has 0 amide bonds. The summed E-state index contributed by atoms with van der Waals surface area (Å²) in [5, 5.41) is 7.46. The number of nitrogens with zero attached hydrogens (tertiary/aromatic N) is 2. The molecule has 0 radical (unpaired) electrons. The molecule has 3 N–H and O–H groups in total. The van der Waals surface area contributed by atoms with Gasteiger partial charge in [0.05, 0.1) is 4.90 Å². The molecular weight excluding hydrogens is 282 g/mol. The number of benzene rings is 1. The first-order valence-corrected chi connectivity index (χ1v) is 6.52. The van der Waals surface area contributed by atoms with Crippen LogP contribution in [0.25, 0.3) is 0 Å². The summed E-state index contributed by atoms with van der Waals surface area (Å²) in [6, 6.07) is 3.82. The number of rotatable bonds is 3. The average molecular weight is 294 g/mol. The van der Waals surface area contributed by atoms with Gasteiger partial charge in [-0.3, -0.25) is 5.41 Å². The Hall–Kier alpha value is -2.02. The Morgan fingerprint density at radius 2 is 1.60 bits per heavy atom. The zero-order valence-corrected chi connectivity index (χ0v) is 11.7. The molecule has 0 fully saturated rings. The Kier molecular flexibility index (Phi) is 3.99. The molecule has 0 aliphatic heterocycles. The lowest BCUT2D eigenvalue weighted by atomic mass is 10.2. The van der Waals surface area contributed by atoms with Crippen molar-refractivity contribution in [2.45, 2.75) is 23.9 Å². The predicted molar refractivity (Wildman–Crippen MR) is 73.0 cm³/mol. The van der Waals surface area contributed by atoms with E-state index in [1.807, 2.05) is 0 Å². The van der Waals surface area contributed by atoms with E-state index in [-0.39, 0.29) is 21.5 Å². The highest BCUT2D eigenvalue weighted by atomic mass is 32.2. The van der Waals surface area contributed by atoms with Crippen LogP contribution in [0, 0.1) is 30.9 Å². The molecule has 4 nitrogen and oxygen atoms in total. The van der Waals surface area contributed by atoms with Gasteiger partial charge < -0.3 is 5.73 Å². The van der Waals surface area contributed by atoms with E-state index in [0.29, 0.717) is 0 Å². The highest BCUT2D eigenvalue weighted by molar-refractivity contribution is 7.99. The van der Waals surface area contributed by atoms with E-state index in [0.717, 1.165) is 35.3 Å². The number of nitrogens with two attached hydrogens (primary N) is 1. The summed E-state index contributed by atoms with van der Waals surface area (Å²) in [7, 11) is 0. The van der Waals surface area contributed by atoms with E-state index >= 15 is 0 Å². The third-order valence-corrected chi connectivity index (χ3v) is 3.42. The van der Waals surface area contributed by atoms with Crippen LogP contribution in [0.5, 0.6) is 0 Å². The maximum absolute atomic E-state index is 13.9. The number of aromatic nitrogens is 2. The summed E-state index contributed by atoms with van der Waals surface area (Å²) in [6.45, 7) is 3.56. The molecule has 1 heterocycles. The van der Waals surface area contributed by atoms with Crippen LogP contribution in [0.1, 0.15) is 17.0 Å². The average Bonchev–Trinajstić information content (AvgIpc) is 2.32. The number of amidine groups is 1. The molecule has 2 rings (SSSR count). The first kappa shape index (κ1) is 14.4. The summed E-state index contributed by atoms with van der Waals surface area (Å²) in [5.41, 5.74) is 6.66. The van der Waals surface area contributed by atoms with Crippen molar-refractivity contribution in [3.63, 3.8) is 0 Å². The van der Waals surface area contributed by atoms with Gasteiger partial charge >= 0.3 is 0 Å². The summed E-state index contributed by atoms with van der Waals surface area (Å²) >= 11 is 0.806. The minimum absolute atomic E-state index is 0.00527. The number of hydrogen-bond acceptors (Lipinski definition) is 4. The molecule has 0 saturated heterocycles. The largest absolute Gasteiger partial charge is 0.384 e. The minimum Gasteiger partial charge on any atom is -0.384 e. The Bertz CT molecular complexity index is 645. The van der Waals surface area contributed by atoms with Crippen LogP contribution in [0.15, 0.2) is 28.3 Å². The van der Waals surface area contributed by atoms with Gasteiger partial charge in [0.1, 0.15) is 17.5 Å². The molecule has 0 unspecified atom stereocenters. The normalized spacial score (nSPS) is 10.6. The number of hydrogen-bond donors (Lipinski definition) is 2. The standard InChI is InChI=1S/C13H12F2N4S/c1-6-3-7(2)19-13(18-6)20-11-9(14)4-8(12(16)17)5-10(11)15/h3-5H,1-2H3,(H3,16,17). The van der Waals surface area contributed by atoms with Crippen molar-refractivity contribution < 1.29 is 8.78 Å². The SMILES string of the molecule is Cc1cc(C)nc(Sc2c(F)cc(C(=N)N)cc2F)n1. The molecule has 1 aromatic carbocycles. The lowest BCUT2D eigenvalue weighted by Gasteiger charge is -2.07. The number of aryl methyl sites for hydroxylation is 2. The fourth-order valence-electron chi connectivity index (χ4n) is 1.64. The van der Waals surface area contributed by atoms with Crippen molar-refractivity contribution in [1.82, 2.24) is 9.97 Å². The molecule has 7 heteroatoms. The van der Waals surface area contributed by atoms with Gasteiger partial charge in [-0.1, -0.05) is 0 Å². The van der Waals surface area contributed by atoms with E-state index in [4.69, 9.17) is 11.1 Å². The highest BCUT2D eigenvalue weighted by Crippen LogP contribution is 2.30. The molecule has 0 spiro atoms. The molecule has 104 valence electrons. The summed E-state index contributed by atoms with van der Waals surface area (Å²) < 4.78 is 27.8. The first-order valence-electron chi connectivity index (χ1n) is 5.70. The molecule has 0 saturated carbocycles. The maximum Gasteiger partial charge on any atom is 0.193 e. The van der Waals surface area contributed by atoms with Crippen LogP contribution in [-0.4, -0.2) is 15.8 Å². The van der Waals surface area contributed by atoms with Crippen LogP contribution >= 0.6 is 11.8 Å². The van der Waals surface area contributed by atoms with Crippen LogP contribution in [0.2, 0.25) is 0 Å². The van der Waals surface area contributed by atoms with Crippen LogP contribution in [0.4, 0.5) is 8.78 Å². The van der Waals surface area contributed by atoms with Gasteiger partial charge in [0.25, 0.3) is 0 Å². The van der Waals surface area contributed by atoms with E-state index in [1.165, 1.54) is 0 Å². The maximum atomic E-state index is 13.9. The number of nitrogens with one attached hydrogen (secondary N) is 1. The zero-order valence-electron chi connectivity index (χ0n) is 10.9. The van der Waals surface area contributed by atoms with Crippen molar-refractivity contribution in [2.75, 3.05) is 0 Å². The van der Waals surface area contributed by atoms with E-state index < -0.39 is 11.6 Å². The monoisotopic (exact) mass is 294 g/mol. The van der Waals surface area contributed by atoms with E-state index in [9.17, 15) is 8.78 Å². The predicted octanol–water partition coefficient (Wildman–Crippen LogP) is 2.81. The third kappa shape index (κ3) is 3.11. The van der Waals surface area contributed by atoms with Gasteiger partial charge in [0.15, 0.2) is 5.16 Å². The van der Waals surface area contributed by atoms with Crippen LogP contribution in [0.3, 0.4) is 0 Å². The topological polar surface area (TPSA) is 75.7 Å². The molecule has 0 aliphatic rings. The number of halogens is 2. The van der Waals surface area contributed by atoms with Crippen molar-refractivity contribution in [3.8, 4) is 0 Å². The second-order valence-electron chi connectivity index (χ2n) is 4.22. The van der Waals surface area contributed by atoms with Gasteiger partial charge in [-0.15, -0.1) is 0 Å². The van der Waals surface area contributed by atoms with Crippen molar-refractivity contribution in [3.05, 3.63) is 46.8 Å². The molecule has 0 aliphatic carbocycles. The molecule has 0 bridgehead atoms. The Morgan fingerprint density at radius 3 is 2.05 bits per heavy atom. The van der Waals surface area contributed by atoms with E-state index in [2.05, 4.69) is 9.97 Å². The summed E-state index contributed by atoms with van der Waals surface area (Å²) in [6.07, 6.45) is 0. The highest BCUT2D eigenvalue weighted by Gasteiger charge is 2.15. The molecular formula is C13H12F2N4S. The lowest BCUT2D eigenvalue weighted by molar-refractivity contribution is 0.539. The summed E-state index contributed by atoms with van der Waals surface area (Å²) in [5.74, 6) is -1.96. The molecule has 20 heavy (non-hydrogen) atoms. The van der Waals surface area contributed by atoms with E-state index in [1.54, 1.807) is 19.9 Å². The van der Waals surface area contributed by atoms with Gasteiger partial charge in [-0.2, -0.15) is 0 Å². The fraction of sp³-hybridized carbons (Fsp3) is 0.154. The zero-order chi connectivity index (χ0) is 14.9. The summed E-state index contributed by atoms with van der Waals surface area (Å²) in [4.78, 5) is 8.03. The second-order valence-corrected chi connectivity index (χ2v) is 5.20. The fourth-order valence-corrected chi connectivity index (χ4v) is 2.52. The smallest absolute Gasteiger partial charge is 0.193 e. The Morgan fingerprint density at radius 1 is 1.10 bits per heavy atom. The van der Waals surface area contributed by atoms with Crippen LogP contribution < -0.4 is 5.73 Å². The molecule has 0 atom stereocenters. The molecule has 2 aromatic rings. The molecule has 1 aromatic heterocycles. The first-order chi connectivity index (χ1) is 9.36. The van der Waals surface area contributed by atoms with Gasteiger partial charge in [-0.25, -0.2) is 18.7 Å². The second kappa shape index (κ2) is 5.54. The Labute approximate surface area is 119 Å². The number of nitrogen functional groups attached to an aromatic ring is 1. The van der Waals surface area contributed by atoms with Gasteiger partial charge in [0, 0.05) is 17.0 Å². The Balaban J connectivity index is 2.41. The quantitative estimate of drug-likeness (QED) is 0.518. The van der Waals surface area contributed by atoms with Gasteiger partial charge in [-0.05, 0) is 43.8 Å². The lowest BCUT2D eigenvalue weighted by Crippen LogP contribution is -2.12. The van der Waals surface area contributed by atoms with Gasteiger partial charge in [0.2, 0.25) is 0 Å². The van der Waals surface area contributed by atoms with Crippen molar-refractivity contribution >= 4 is 17.6 Å². The minimum atomic E-state index is -0.789. The van der Waals surface area contributed by atoms with Crippen LogP contribution in [-0.2, 0) is 0 Å². The van der Waals surface area contributed by atoms with Crippen molar-refractivity contribution in [2.24, 2.45) is 5.73 Å².